The fourth-order valence-electron chi connectivity index (χ4n) is 2.65. The Labute approximate surface area is 114 Å². The topological polar surface area (TPSA) is 46.2 Å². The van der Waals surface area contributed by atoms with Crippen LogP contribution < -0.4 is 5.73 Å². The highest BCUT2D eigenvalue weighted by Gasteiger charge is 2.19. The van der Waals surface area contributed by atoms with Crippen molar-refractivity contribution < 1.29 is 5.11 Å². The van der Waals surface area contributed by atoms with Gasteiger partial charge in [-0.2, -0.15) is 0 Å². The summed E-state index contributed by atoms with van der Waals surface area (Å²) in [6, 6.07) is 6.07. The molecule has 0 aromatic heterocycles. The van der Waals surface area contributed by atoms with Gasteiger partial charge in [0.05, 0.1) is 6.10 Å². The molecule has 2 nitrogen and oxygen atoms in total. The number of nitrogen functional groups attached to an aromatic ring is 1. The summed E-state index contributed by atoms with van der Waals surface area (Å²) in [6.07, 6.45) is 6.05. The van der Waals surface area contributed by atoms with Crippen LogP contribution in [-0.2, 0) is 0 Å². The van der Waals surface area contributed by atoms with E-state index in [9.17, 15) is 5.11 Å². The number of aliphatic hydroxyl groups excluding tert-OH is 1. The maximum Gasteiger partial charge on any atom is 0.0636 e. The Morgan fingerprint density at radius 3 is 2.83 bits per heavy atom. The van der Waals surface area contributed by atoms with Crippen LogP contribution in [0, 0.1) is 12.8 Å². The van der Waals surface area contributed by atoms with E-state index in [1.807, 2.05) is 12.1 Å². The molecule has 3 heteroatoms. The summed E-state index contributed by atoms with van der Waals surface area (Å²) in [6.45, 7) is 2.07. The molecule has 0 aliphatic heterocycles. The molecule has 0 bridgehead atoms. The molecule has 0 radical (unpaired) electrons. The molecule has 1 aliphatic carbocycles. The maximum absolute atomic E-state index is 10.1. The second-order valence-electron chi connectivity index (χ2n) is 5.39. The summed E-state index contributed by atoms with van der Waals surface area (Å²) >= 11 is 1.68. The van der Waals surface area contributed by atoms with Crippen LogP contribution in [0.15, 0.2) is 23.1 Å². The number of anilines is 1. The zero-order chi connectivity index (χ0) is 13.0. The van der Waals surface area contributed by atoms with Crippen molar-refractivity contribution >= 4 is 17.4 Å². The average Bonchev–Trinajstić information content (AvgIpc) is 2.83. The molecule has 1 aliphatic rings. The number of hydrogen-bond donors (Lipinski definition) is 2. The fraction of sp³-hybridized carbons (Fsp3) is 0.600. The van der Waals surface area contributed by atoms with Crippen LogP contribution in [0.1, 0.15) is 37.7 Å². The molecule has 18 heavy (non-hydrogen) atoms. The summed E-state index contributed by atoms with van der Waals surface area (Å²) in [5, 5.41) is 10.1. The molecule has 1 saturated carbocycles. The van der Waals surface area contributed by atoms with Crippen LogP contribution in [0.25, 0.3) is 0 Å². The maximum atomic E-state index is 10.1. The van der Waals surface area contributed by atoms with E-state index in [1.165, 1.54) is 31.2 Å². The van der Waals surface area contributed by atoms with Gasteiger partial charge in [0.1, 0.15) is 0 Å². The van der Waals surface area contributed by atoms with Gasteiger partial charge in [-0.1, -0.05) is 31.7 Å². The standard InChI is InChI=1S/C15H23NOS/c1-11-6-7-14(16)15(8-11)18-10-13(17)9-12-4-2-3-5-12/h6-8,12-13,17H,2-5,9-10,16H2,1H3. The lowest BCUT2D eigenvalue weighted by molar-refractivity contribution is 0.166. The highest BCUT2D eigenvalue weighted by atomic mass is 32.2. The lowest BCUT2D eigenvalue weighted by Gasteiger charge is -2.15. The molecule has 1 unspecified atom stereocenters. The Morgan fingerprint density at radius 2 is 2.11 bits per heavy atom. The molecule has 0 heterocycles. The van der Waals surface area contributed by atoms with Crippen molar-refractivity contribution in [2.45, 2.75) is 50.0 Å². The molecule has 1 atom stereocenters. The first-order valence-corrected chi connectivity index (χ1v) is 7.80. The largest absolute Gasteiger partial charge is 0.398 e. The monoisotopic (exact) mass is 265 g/mol. The minimum atomic E-state index is -0.196. The van der Waals surface area contributed by atoms with Gasteiger partial charge in [0.2, 0.25) is 0 Å². The summed E-state index contributed by atoms with van der Waals surface area (Å²) in [5.74, 6) is 1.50. The zero-order valence-corrected chi connectivity index (χ0v) is 11.9. The molecular formula is C15H23NOS. The third kappa shape index (κ3) is 3.92. The normalized spacial score (nSPS) is 18.1. The molecule has 1 aromatic rings. The van der Waals surface area contributed by atoms with Gasteiger partial charge in [-0.05, 0) is 37.0 Å². The van der Waals surface area contributed by atoms with Crippen molar-refractivity contribution in [3.8, 4) is 0 Å². The first-order valence-electron chi connectivity index (χ1n) is 6.82. The molecule has 0 spiro atoms. The van der Waals surface area contributed by atoms with Crippen LogP contribution in [0.2, 0.25) is 0 Å². The van der Waals surface area contributed by atoms with Crippen molar-refractivity contribution in [2.24, 2.45) is 5.92 Å². The van der Waals surface area contributed by atoms with E-state index in [0.717, 1.165) is 28.7 Å². The molecule has 2 rings (SSSR count). The van der Waals surface area contributed by atoms with Gasteiger partial charge in [-0.3, -0.25) is 0 Å². The minimum Gasteiger partial charge on any atom is -0.398 e. The Hall–Kier alpha value is -0.670. The first-order chi connectivity index (χ1) is 8.65. The molecule has 1 aromatic carbocycles. The van der Waals surface area contributed by atoms with Crippen LogP contribution in [0.5, 0.6) is 0 Å². The number of thioether (sulfide) groups is 1. The summed E-state index contributed by atoms with van der Waals surface area (Å²) < 4.78 is 0. The van der Waals surface area contributed by atoms with E-state index in [0.29, 0.717) is 0 Å². The second kappa shape index (κ2) is 6.48. The van der Waals surface area contributed by atoms with E-state index in [2.05, 4.69) is 13.0 Å². The van der Waals surface area contributed by atoms with Crippen molar-refractivity contribution in [3.63, 3.8) is 0 Å². The quantitative estimate of drug-likeness (QED) is 0.631. The third-order valence-corrected chi connectivity index (χ3v) is 4.90. The van der Waals surface area contributed by atoms with Gasteiger partial charge in [0.15, 0.2) is 0 Å². The number of aliphatic hydroxyl groups is 1. The predicted molar refractivity (Wildman–Crippen MR) is 78.9 cm³/mol. The lowest BCUT2D eigenvalue weighted by Crippen LogP contribution is -2.14. The van der Waals surface area contributed by atoms with Gasteiger partial charge in [-0.15, -0.1) is 11.8 Å². The van der Waals surface area contributed by atoms with Crippen LogP contribution >= 0.6 is 11.8 Å². The smallest absolute Gasteiger partial charge is 0.0636 e. The van der Waals surface area contributed by atoms with Gasteiger partial charge in [0, 0.05) is 16.3 Å². The van der Waals surface area contributed by atoms with E-state index < -0.39 is 0 Å². The van der Waals surface area contributed by atoms with E-state index in [4.69, 9.17) is 5.73 Å². The number of nitrogens with two attached hydrogens (primary N) is 1. The van der Waals surface area contributed by atoms with Gasteiger partial charge >= 0.3 is 0 Å². The number of rotatable bonds is 5. The van der Waals surface area contributed by atoms with Crippen LogP contribution in [-0.4, -0.2) is 17.0 Å². The Kier molecular flexibility index (Phi) is 4.95. The SMILES string of the molecule is Cc1ccc(N)c(SCC(O)CC2CCCC2)c1. The predicted octanol–water partition coefficient (Wildman–Crippen LogP) is 3.61. The van der Waals surface area contributed by atoms with E-state index >= 15 is 0 Å². The van der Waals surface area contributed by atoms with Crippen molar-refractivity contribution in [2.75, 3.05) is 11.5 Å². The van der Waals surface area contributed by atoms with Gasteiger partial charge in [0.25, 0.3) is 0 Å². The fourth-order valence-corrected chi connectivity index (χ4v) is 3.66. The van der Waals surface area contributed by atoms with E-state index in [-0.39, 0.29) is 6.10 Å². The molecule has 100 valence electrons. The highest BCUT2D eigenvalue weighted by Crippen LogP contribution is 2.31. The second-order valence-corrected chi connectivity index (χ2v) is 6.45. The van der Waals surface area contributed by atoms with E-state index in [1.54, 1.807) is 11.8 Å². The van der Waals surface area contributed by atoms with Crippen molar-refractivity contribution in [3.05, 3.63) is 23.8 Å². The zero-order valence-electron chi connectivity index (χ0n) is 11.1. The minimum absolute atomic E-state index is 0.196. The Bertz CT molecular complexity index is 388. The summed E-state index contributed by atoms with van der Waals surface area (Å²) in [4.78, 5) is 1.10. The molecule has 1 fully saturated rings. The third-order valence-electron chi connectivity index (χ3n) is 3.68. The summed E-state index contributed by atoms with van der Waals surface area (Å²) in [5.41, 5.74) is 7.97. The number of benzene rings is 1. The Balaban J connectivity index is 1.81. The van der Waals surface area contributed by atoms with Crippen LogP contribution in [0.4, 0.5) is 5.69 Å². The van der Waals surface area contributed by atoms with Crippen molar-refractivity contribution in [1.29, 1.82) is 0 Å². The first kappa shape index (κ1) is 13.8. The molecule has 3 N–H and O–H groups in total. The summed E-state index contributed by atoms with van der Waals surface area (Å²) in [7, 11) is 0. The molecule has 0 amide bonds. The Morgan fingerprint density at radius 1 is 1.39 bits per heavy atom. The van der Waals surface area contributed by atoms with Crippen molar-refractivity contribution in [1.82, 2.24) is 0 Å². The van der Waals surface area contributed by atoms with Gasteiger partial charge < -0.3 is 10.8 Å². The molecular weight excluding hydrogens is 242 g/mol. The number of aryl methyl sites for hydroxylation is 1. The number of hydrogen-bond acceptors (Lipinski definition) is 3. The van der Waals surface area contributed by atoms with Gasteiger partial charge in [-0.25, -0.2) is 0 Å². The lowest BCUT2D eigenvalue weighted by atomic mass is 10.0. The van der Waals surface area contributed by atoms with Crippen LogP contribution in [0.3, 0.4) is 0 Å². The molecule has 0 saturated heterocycles. The highest BCUT2D eigenvalue weighted by molar-refractivity contribution is 7.99. The average molecular weight is 265 g/mol.